The van der Waals surface area contributed by atoms with Crippen LogP contribution in [0.3, 0.4) is 0 Å². The highest BCUT2D eigenvalue weighted by Gasteiger charge is 1.96. The number of thioether (sulfide) groups is 1. The summed E-state index contributed by atoms with van der Waals surface area (Å²) in [7, 11) is 0. The van der Waals surface area contributed by atoms with Gasteiger partial charge in [-0.3, -0.25) is 0 Å². The van der Waals surface area contributed by atoms with Gasteiger partial charge in [-0.25, -0.2) is 0 Å². The first-order chi connectivity index (χ1) is 8.88. The van der Waals surface area contributed by atoms with E-state index in [0.717, 1.165) is 17.7 Å². The van der Waals surface area contributed by atoms with Gasteiger partial charge in [0.25, 0.3) is 0 Å². The Balaban J connectivity index is 1.72. The number of aryl methyl sites for hydroxylation is 1. The fraction of sp³-hybridized carbons (Fsp3) is 0.250. The van der Waals surface area contributed by atoms with Gasteiger partial charge in [-0.1, -0.05) is 42.5 Å². The molecule has 2 rings (SSSR count). The zero-order valence-electron chi connectivity index (χ0n) is 10.4. The Morgan fingerprint density at radius 3 is 2.22 bits per heavy atom. The van der Waals surface area contributed by atoms with E-state index in [4.69, 9.17) is 5.11 Å². The number of benzene rings is 2. The second-order valence-electron chi connectivity index (χ2n) is 4.24. The molecule has 0 aromatic heterocycles. The lowest BCUT2D eigenvalue weighted by Gasteiger charge is -2.03. The number of aliphatic hydroxyl groups is 1. The van der Waals surface area contributed by atoms with Gasteiger partial charge in [0.05, 0.1) is 6.61 Å². The van der Waals surface area contributed by atoms with Crippen molar-refractivity contribution in [3.63, 3.8) is 0 Å². The molecule has 0 fully saturated rings. The van der Waals surface area contributed by atoms with Gasteiger partial charge in [-0.15, -0.1) is 11.8 Å². The van der Waals surface area contributed by atoms with Gasteiger partial charge < -0.3 is 5.11 Å². The molecule has 0 radical (unpaired) electrons. The van der Waals surface area contributed by atoms with Crippen molar-refractivity contribution in [2.75, 3.05) is 5.75 Å². The average molecular weight is 258 g/mol. The van der Waals surface area contributed by atoms with Crippen LogP contribution < -0.4 is 0 Å². The average Bonchev–Trinajstić information content (AvgIpc) is 2.45. The lowest BCUT2D eigenvalue weighted by molar-refractivity contribution is 0.282. The van der Waals surface area contributed by atoms with Crippen molar-refractivity contribution in [3.8, 4) is 0 Å². The highest BCUT2D eigenvalue weighted by atomic mass is 32.2. The summed E-state index contributed by atoms with van der Waals surface area (Å²) in [6.07, 6.45) is 2.33. The van der Waals surface area contributed by atoms with Gasteiger partial charge in [0.1, 0.15) is 0 Å². The van der Waals surface area contributed by atoms with Crippen LogP contribution in [-0.4, -0.2) is 10.9 Å². The molecule has 0 bridgehead atoms. The molecule has 0 unspecified atom stereocenters. The predicted octanol–water partition coefficient (Wildman–Crippen LogP) is 3.90. The molecule has 18 heavy (non-hydrogen) atoms. The predicted molar refractivity (Wildman–Crippen MR) is 77.9 cm³/mol. The third-order valence-corrected chi connectivity index (χ3v) is 3.93. The first-order valence-corrected chi connectivity index (χ1v) is 7.23. The molecular weight excluding hydrogens is 240 g/mol. The molecule has 0 aliphatic carbocycles. The molecule has 0 aliphatic rings. The molecule has 0 spiro atoms. The van der Waals surface area contributed by atoms with Crippen molar-refractivity contribution < 1.29 is 5.11 Å². The maximum atomic E-state index is 8.96. The zero-order valence-corrected chi connectivity index (χ0v) is 11.2. The Kier molecular flexibility index (Phi) is 5.31. The van der Waals surface area contributed by atoms with Crippen molar-refractivity contribution in [1.82, 2.24) is 0 Å². The van der Waals surface area contributed by atoms with Crippen LogP contribution in [0.15, 0.2) is 59.5 Å². The molecule has 0 saturated heterocycles. The summed E-state index contributed by atoms with van der Waals surface area (Å²) in [6.45, 7) is 0.124. The Labute approximate surface area is 113 Å². The third-order valence-electron chi connectivity index (χ3n) is 2.83. The van der Waals surface area contributed by atoms with Gasteiger partial charge >= 0.3 is 0 Å². The minimum absolute atomic E-state index is 0.124. The highest BCUT2D eigenvalue weighted by molar-refractivity contribution is 7.99. The summed E-state index contributed by atoms with van der Waals surface area (Å²) >= 11 is 1.88. The summed E-state index contributed by atoms with van der Waals surface area (Å²) in [5, 5.41) is 8.96. The highest BCUT2D eigenvalue weighted by Crippen LogP contribution is 2.20. The van der Waals surface area contributed by atoms with E-state index in [-0.39, 0.29) is 6.61 Å². The minimum atomic E-state index is 0.124. The summed E-state index contributed by atoms with van der Waals surface area (Å²) in [6, 6.07) is 18.7. The molecule has 2 aromatic rings. The third kappa shape index (κ3) is 4.21. The zero-order chi connectivity index (χ0) is 12.6. The van der Waals surface area contributed by atoms with Crippen molar-refractivity contribution in [1.29, 1.82) is 0 Å². The van der Waals surface area contributed by atoms with Crippen LogP contribution in [0, 0.1) is 0 Å². The molecule has 0 saturated carbocycles. The van der Waals surface area contributed by atoms with Gasteiger partial charge in [-0.2, -0.15) is 0 Å². The Bertz CT molecular complexity index is 450. The minimum Gasteiger partial charge on any atom is -0.392 e. The van der Waals surface area contributed by atoms with Crippen molar-refractivity contribution in [2.45, 2.75) is 24.3 Å². The summed E-state index contributed by atoms with van der Waals surface area (Å²) < 4.78 is 0. The van der Waals surface area contributed by atoms with Gasteiger partial charge in [0.2, 0.25) is 0 Å². The summed E-state index contributed by atoms with van der Waals surface area (Å²) in [5.41, 5.74) is 2.39. The largest absolute Gasteiger partial charge is 0.392 e. The fourth-order valence-corrected chi connectivity index (χ4v) is 2.65. The van der Waals surface area contributed by atoms with E-state index in [9.17, 15) is 0 Å². The lowest BCUT2D eigenvalue weighted by atomic mass is 10.1. The standard InChI is InChI=1S/C16H18OS/c17-13-15-8-10-16(11-9-15)18-12-4-7-14-5-2-1-3-6-14/h1-3,5-6,8-11,17H,4,7,12-13H2. The van der Waals surface area contributed by atoms with Gasteiger partial charge in [-0.05, 0) is 41.9 Å². The molecular formula is C16H18OS. The molecule has 0 atom stereocenters. The topological polar surface area (TPSA) is 20.2 Å². The monoisotopic (exact) mass is 258 g/mol. The van der Waals surface area contributed by atoms with E-state index < -0.39 is 0 Å². The number of hydrogen-bond acceptors (Lipinski definition) is 2. The maximum Gasteiger partial charge on any atom is 0.0681 e. The molecule has 1 N–H and O–H groups in total. The van der Waals surface area contributed by atoms with E-state index in [1.54, 1.807) is 0 Å². The molecule has 0 aliphatic heterocycles. The van der Waals surface area contributed by atoms with Crippen LogP contribution in [-0.2, 0) is 13.0 Å². The SMILES string of the molecule is OCc1ccc(SCCCc2ccccc2)cc1. The first kappa shape index (κ1) is 13.2. The van der Waals surface area contributed by atoms with E-state index in [1.165, 1.54) is 16.9 Å². The number of rotatable bonds is 6. The van der Waals surface area contributed by atoms with Crippen molar-refractivity contribution >= 4 is 11.8 Å². The maximum absolute atomic E-state index is 8.96. The van der Waals surface area contributed by atoms with Crippen molar-refractivity contribution in [3.05, 3.63) is 65.7 Å². The molecule has 0 amide bonds. The molecule has 1 nitrogen and oxygen atoms in total. The van der Waals surface area contributed by atoms with E-state index in [1.807, 2.05) is 23.9 Å². The van der Waals surface area contributed by atoms with Crippen LogP contribution in [0.5, 0.6) is 0 Å². The van der Waals surface area contributed by atoms with Crippen LogP contribution in [0.1, 0.15) is 17.5 Å². The van der Waals surface area contributed by atoms with Crippen LogP contribution in [0.25, 0.3) is 0 Å². The molecule has 94 valence electrons. The first-order valence-electron chi connectivity index (χ1n) is 6.25. The Morgan fingerprint density at radius 2 is 1.56 bits per heavy atom. The summed E-state index contributed by atoms with van der Waals surface area (Å²) in [4.78, 5) is 1.28. The lowest BCUT2D eigenvalue weighted by Crippen LogP contribution is -1.87. The smallest absolute Gasteiger partial charge is 0.0681 e. The van der Waals surface area contributed by atoms with Crippen LogP contribution in [0.2, 0.25) is 0 Å². The second kappa shape index (κ2) is 7.24. The van der Waals surface area contributed by atoms with E-state index >= 15 is 0 Å². The Morgan fingerprint density at radius 1 is 0.833 bits per heavy atom. The molecule has 2 aromatic carbocycles. The molecule has 0 heterocycles. The van der Waals surface area contributed by atoms with Crippen LogP contribution in [0.4, 0.5) is 0 Å². The van der Waals surface area contributed by atoms with Gasteiger partial charge in [0, 0.05) is 4.90 Å². The second-order valence-corrected chi connectivity index (χ2v) is 5.41. The summed E-state index contributed by atoms with van der Waals surface area (Å²) in [5.74, 6) is 1.13. The fourth-order valence-electron chi connectivity index (χ4n) is 1.80. The Hall–Kier alpha value is -1.25. The van der Waals surface area contributed by atoms with E-state index in [2.05, 4.69) is 42.5 Å². The van der Waals surface area contributed by atoms with E-state index in [0.29, 0.717) is 0 Å². The van der Waals surface area contributed by atoms with Gasteiger partial charge in [0.15, 0.2) is 0 Å². The van der Waals surface area contributed by atoms with Crippen molar-refractivity contribution in [2.24, 2.45) is 0 Å². The number of aliphatic hydroxyl groups excluding tert-OH is 1. The quantitative estimate of drug-likeness (QED) is 0.626. The molecule has 2 heteroatoms. The normalized spacial score (nSPS) is 10.5. The van der Waals surface area contributed by atoms with Crippen LogP contribution >= 0.6 is 11.8 Å². The number of hydrogen-bond donors (Lipinski definition) is 1.